The monoisotopic (exact) mass is 253 g/mol. The first-order valence-electron chi connectivity index (χ1n) is 4.78. The number of nitrogen functional groups attached to an aromatic ring is 1. The van der Waals surface area contributed by atoms with E-state index in [4.69, 9.17) is 22.1 Å². The molecule has 0 saturated carbocycles. The lowest BCUT2D eigenvalue weighted by atomic mass is 10.3. The minimum absolute atomic E-state index is 0.140. The average molecular weight is 254 g/mol. The third-order valence-electron chi connectivity index (χ3n) is 2.12. The molecule has 0 amide bonds. The van der Waals surface area contributed by atoms with Crippen molar-refractivity contribution in [3.05, 3.63) is 41.1 Å². The highest BCUT2D eigenvalue weighted by molar-refractivity contribution is 6.33. The van der Waals surface area contributed by atoms with Crippen LogP contribution < -0.4 is 10.5 Å². The van der Waals surface area contributed by atoms with Crippen LogP contribution in [0.4, 0.5) is 10.1 Å². The molecule has 0 unspecified atom stereocenters. The van der Waals surface area contributed by atoms with Gasteiger partial charge < -0.3 is 10.5 Å². The Balaban J connectivity index is 2.31. The maximum atomic E-state index is 13.6. The van der Waals surface area contributed by atoms with Gasteiger partial charge >= 0.3 is 0 Å². The molecule has 6 heteroatoms. The van der Waals surface area contributed by atoms with E-state index >= 15 is 0 Å². The van der Waals surface area contributed by atoms with Gasteiger partial charge in [-0.25, -0.2) is 4.98 Å². The van der Waals surface area contributed by atoms with E-state index in [0.29, 0.717) is 16.5 Å². The highest BCUT2D eigenvalue weighted by Crippen LogP contribution is 2.28. The average Bonchev–Trinajstić information content (AvgIpc) is 2.30. The van der Waals surface area contributed by atoms with E-state index < -0.39 is 5.82 Å². The van der Waals surface area contributed by atoms with Crippen molar-refractivity contribution in [2.45, 2.75) is 6.92 Å². The van der Waals surface area contributed by atoms with E-state index in [9.17, 15) is 4.39 Å². The maximum absolute atomic E-state index is 13.6. The van der Waals surface area contributed by atoms with Crippen LogP contribution in [0, 0.1) is 12.7 Å². The number of aryl methyl sites for hydroxylation is 1. The Morgan fingerprint density at radius 3 is 2.82 bits per heavy atom. The van der Waals surface area contributed by atoms with Crippen molar-refractivity contribution in [2.75, 3.05) is 5.73 Å². The lowest BCUT2D eigenvalue weighted by Crippen LogP contribution is -1.97. The van der Waals surface area contributed by atoms with Crippen LogP contribution in [0.5, 0.6) is 11.6 Å². The molecule has 2 aromatic rings. The highest BCUT2D eigenvalue weighted by atomic mass is 35.5. The van der Waals surface area contributed by atoms with Crippen LogP contribution in [0.3, 0.4) is 0 Å². The summed E-state index contributed by atoms with van der Waals surface area (Å²) in [7, 11) is 0. The Labute approximate surface area is 102 Å². The second kappa shape index (κ2) is 4.55. The third-order valence-corrected chi connectivity index (χ3v) is 2.45. The number of hydrogen-bond donors (Lipinski definition) is 1. The van der Waals surface area contributed by atoms with Crippen molar-refractivity contribution in [2.24, 2.45) is 0 Å². The zero-order valence-electron chi connectivity index (χ0n) is 8.95. The van der Waals surface area contributed by atoms with Gasteiger partial charge in [-0.3, -0.25) is 0 Å². The van der Waals surface area contributed by atoms with Crippen LogP contribution >= 0.6 is 11.6 Å². The Hall–Kier alpha value is -1.88. The fourth-order valence-electron chi connectivity index (χ4n) is 1.19. The van der Waals surface area contributed by atoms with Gasteiger partial charge in [0.2, 0.25) is 5.82 Å². The zero-order chi connectivity index (χ0) is 12.4. The second-order valence-corrected chi connectivity index (χ2v) is 3.77. The quantitative estimate of drug-likeness (QED) is 0.836. The topological polar surface area (TPSA) is 61.0 Å². The molecule has 0 aliphatic rings. The predicted octanol–water partition coefficient (Wildman–Crippen LogP) is 2.95. The minimum atomic E-state index is -0.597. The van der Waals surface area contributed by atoms with Crippen molar-refractivity contribution in [3.63, 3.8) is 0 Å². The van der Waals surface area contributed by atoms with Gasteiger partial charge in [-0.2, -0.15) is 9.37 Å². The van der Waals surface area contributed by atoms with Gasteiger partial charge in [0.15, 0.2) is 0 Å². The van der Waals surface area contributed by atoms with Crippen molar-refractivity contribution in [1.82, 2.24) is 9.97 Å². The van der Waals surface area contributed by atoms with Crippen LogP contribution in [0.15, 0.2) is 24.5 Å². The molecule has 1 aromatic carbocycles. The van der Waals surface area contributed by atoms with E-state index in [1.54, 1.807) is 12.1 Å². The van der Waals surface area contributed by atoms with Gasteiger partial charge in [0.05, 0.1) is 16.4 Å². The normalized spacial score (nSPS) is 10.3. The molecule has 0 fully saturated rings. The van der Waals surface area contributed by atoms with Gasteiger partial charge in [-0.15, -0.1) is 0 Å². The molecule has 0 spiro atoms. The van der Waals surface area contributed by atoms with Gasteiger partial charge in [0.1, 0.15) is 12.1 Å². The summed E-state index contributed by atoms with van der Waals surface area (Å²) in [4.78, 5) is 7.40. The first-order chi connectivity index (χ1) is 8.08. The third kappa shape index (κ3) is 2.45. The highest BCUT2D eigenvalue weighted by Gasteiger charge is 2.10. The van der Waals surface area contributed by atoms with Gasteiger partial charge in [-0.1, -0.05) is 11.6 Å². The number of hydrogen-bond acceptors (Lipinski definition) is 4. The van der Waals surface area contributed by atoms with Crippen molar-refractivity contribution >= 4 is 17.3 Å². The summed E-state index contributed by atoms with van der Waals surface area (Å²) in [5.74, 6) is -0.375. The molecule has 0 bridgehead atoms. The van der Waals surface area contributed by atoms with Crippen molar-refractivity contribution < 1.29 is 9.13 Å². The molecule has 1 heterocycles. The summed E-state index contributed by atoms with van der Waals surface area (Å²) in [6.07, 6.45) is 1.23. The van der Waals surface area contributed by atoms with Gasteiger partial charge in [-0.05, 0) is 19.1 Å². The number of ether oxygens (including phenoxy) is 1. The lowest BCUT2D eigenvalue weighted by Gasteiger charge is -2.07. The summed E-state index contributed by atoms with van der Waals surface area (Å²) in [6.45, 7) is 1.53. The molecule has 1 aromatic heterocycles. The van der Waals surface area contributed by atoms with Crippen molar-refractivity contribution in [3.8, 4) is 11.6 Å². The van der Waals surface area contributed by atoms with Crippen LogP contribution in [0.2, 0.25) is 5.02 Å². The summed E-state index contributed by atoms with van der Waals surface area (Å²) >= 11 is 5.82. The predicted molar refractivity (Wildman–Crippen MR) is 62.7 cm³/mol. The maximum Gasteiger partial charge on any atom is 0.259 e. The molecule has 0 atom stereocenters. The number of benzene rings is 1. The van der Waals surface area contributed by atoms with E-state index in [0.717, 1.165) is 0 Å². The minimum Gasteiger partial charge on any atom is -0.436 e. The second-order valence-electron chi connectivity index (χ2n) is 3.36. The first kappa shape index (κ1) is 11.6. The van der Waals surface area contributed by atoms with Crippen LogP contribution in [0.25, 0.3) is 0 Å². The standard InChI is InChI=1S/C11H9ClFN3O/c1-6-10(13)11(16-5-15-6)17-7-2-3-9(14)8(12)4-7/h2-5H,14H2,1H3. The Morgan fingerprint density at radius 2 is 2.12 bits per heavy atom. The summed E-state index contributed by atoms with van der Waals surface area (Å²) < 4.78 is 18.8. The Morgan fingerprint density at radius 1 is 1.35 bits per heavy atom. The molecule has 0 saturated heterocycles. The van der Waals surface area contributed by atoms with E-state index in [1.807, 2.05) is 0 Å². The van der Waals surface area contributed by atoms with Crippen LogP contribution in [0.1, 0.15) is 5.69 Å². The Kier molecular flexibility index (Phi) is 3.10. The van der Waals surface area contributed by atoms with Crippen molar-refractivity contribution in [1.29, 1.82) is 0 Å². The molecule has 88 valence electrons. The first-order valence-corrected chi connectivity index (χ1v) is 5.15. The number of rotatable bonds is 2. The molecule has 4 nitrogen and oxygen atoms in total. The molecule has 2 N–H and O–H groups in total. The van der Waals surface area contributed by atoms with E-state index in [2.05, 4.69) is 9.97 Å². The largest absolute Gasteiger partial charge is 0.436 e. The fraction of sp³-hybridized carbons (Fsp3) is 0.0909. The number of anilines is 1. The number of halogens is 2. The van der Waals surface area contributed by atoms with Crippen LogP contribution in [-0.2, 0) is 0 Å². The zero-order valence-corrected chi connectivity index (χ0v) is 9.70. The Bertz CT molecular complexity index is 562. The summed E-state index contributed by atoms with van der Waals surface area (Å²) in [5.41, 5.74) is 6.20. The fourth-order valence-corrected chi connectivity index (χ4v) is 1.36. The van der Waals surface area contributed by atoms with Crippen LogP contribution in [-0.4, -0.2) is 9.97 Å². The van der Waals surface area contributed by atoms with Gasteiger partial charge in [0, 0.05) is 6.07 Å². The number of nitrogens with two attached hydrogens (primary N) is 1. The lowest BCUT2D eigenvalue weighted by molar-refractivity contribution is 0.417. The summed E-state index contributed by atoms with van der Waals surface area (Å²) in [6, 6.07) is 4.65. The smallest absolute Gasteiger partial charge is 0.259 e. The molecule has 0 radical (unpaired) electrons. The van der Waals surface area contributed by atoms with E-state index in [1.165, 1.54) is 19.3 Å². The molecule has 2 rings (SSSR count). The van der Waals surface area contributed by atoms with Gasteiger partial charge in [0.25, 0.3) is 5.88 Å². The number of nitrogens with zero attached hydrogens (tertiary/aromatic N) is 2. The number of aromatic nitrogens is 2. The molecule has 17 heavy (non-hydrogen) atoms. The molecule has 0 aliphatic carbocycles. The molecular weight excluding hydrogens is 245 g/mol. The van der Waals surface area contributed by atoms with E-state index in [-0.39, 0.29) is 11.6 Å². The SMILES string of the molecule is Cc1ncnc(Oc2ccc(N)c(Cl)c2)c1F. The molecule has 0 aliphatic heterocycles. The summed E-state index contributed by atoms with van der Waals surface area (Å²) in [5, 5.41) is 0.341. The molecular formula is C11H9ClFN3O.